The highest BCUT2D eigenvalue weighted by atomic mass is 16.5. The van der Waals surface area contributed by atoms with Crippen molar-refractivity contribution in [1.82, 2.24) is 4.90 Å². The molecule has 0 bridgehead atoms. The molecular weight excluding hydrogens is 378 g/mol. The molecular formula is C25H23NO4. The number of para-hydroxylation sites is 2. The molecule has 1 heterocycles. The van der Waals surface area contributed by atoms with E-state index in [4.69, 9.17) is 9.47 Å². The topological polar surface area (TPSA) is 55.8 Å². The van der Waals surface area contributed by atoms with Crippen LogP contribution >= 0.6 is 0 Å². The quantitative estimate of drug-likeness (QED) is 0.563. The molecule has 0 saturated carbocycles. The van der Waals surface area contributed by atoms with Crippen LogP contribution in [0.3, 0.4) is 0 Å². The molecule has 0 atom stereocenters. The minimum Gasteiger partial charge on any atom is -0.496 e. The minimum atomic E-state index is -0.131. The number of hydrogen-bond acceptors (Lipinski definition) is 4. The molecule has 0 radical (unpaired) electrons. The van der Waals surface area contributed by atoms with E-state index in [0.29, 0.717) is 0 Å². The Morgan fingerprint density at radius 1 is 0.700 bits per heavy atom. The summed E-state index contributed by atoms with van der Waals surface area (Å²) in [6.07, 6.45) is 0.546. The van der Waals surface area contributed by atoms with Crippen molar-refractivity contribution in [3.63, 3.8) is 0 Å². The van der Waals surface area contributed by atoms with E-state index in [1.807, 2.05) is 66.7 Å². The van der Waals surface area contributed by atoms with E-state index in [1.54, 1.807) is 14.2 Å². The van der Waals surface area contributed by atoms with Gasteiger partial charge in [-0.3, -0.25) is 14.5 Å². The summed E-state index contributed by atoms with van der Waals surface area (Å²) in [7, 11) is 3.28. The number of likely N-dealkylation sites (tertiary alicyclic amines) is 1. The Balaban J connectivity index is 1.95. The van der Waals surface area contributed by atoms with Crippen molar-refractivity contribution >= 4 is 11.8 Å². The summed E-state index contributed by atoms with van der Waals surface area (Å²) in [5.41, 5.74) is 4.59. The van der Waals surface area contributed by atoms with E-state index < -0.39 is 0 Å². The van der Waals surface area contributed by atoms with Crippen molar-refractivity contribution in [2.75, 3.05) is 14.2 Å². The second-order valence-electron chi connectivity index (χ2n) is 7.11. The fraction of sp³-hybridized carbons (Fsp3) is 0.200. The summed E-state index contributed by atoms with van der Waals surface area (Å²) < 4.78 is 11.2. The normalized spacial score (nSPS) is 13.6. The van der Waals surface area contributed by atoms with Crippen LogP contribution in [0.2, 0.25) is 0 Å². The van der Waals surface area contributed by atoms with Gasteiger partial charge in [0.05, 0.1) is 20.8 Å². The molecule has 5 nitrogen and oxygen atoms in total. The van der Waals surface area contributed by atoms with Gasteiger partial charge in [-0.1, -0.05) is 54.6 Å². The monoisotopic (exact) mass is 401 g/mol. The highest BCUT2D eigenvalue weighted by molar-refractivity contribution is 6.02. The molecule has 0 spiro atoms. The van der Waals surface area contributed by atoms with Crippen LogP contribution in [0, 0.1) is 0 Å². The Morgan fingerprint density at radius 2 is 1.23 bits per heavy atom. The summed E-state index contributed by atoms with van der Waals surface area (Å²) in [5.74, 6) is 1.21. The number of nitrogens with zero attached hydrogens (tertiary/aromatic N) is 1. The van der Waals surface area contributed by atoms with Crippen molar-refractivity contribution in [3.05, 3.63) is 72.3 Å². The van der Waals surface area contributed by atoms with E-state index in [9.17, 15) is 9.59 Å². The summed E-state index contributed by atoms with van der Waals surface area (Å²) in [5, 5.41) is 0. The maximum absolute atomic E-state index is 12.3. The lowest BCUT2D eigenvalue weighted by molar-refractivity contribution is -0.139. The predicted octanol–water partition coefficient (Wildman–Crippen LogP) is 4.69. The first-order valence-electron chi connectivity index (χ1n) is 9.86. The van der Waals surface area contributed by atoms with Crippen LogP contribution in [0.25, 0.3) is 22.3 Å². The number of amides is 2. The SMILES string of the molecule is COc1ccccc1-c1cccc(CN2C(=O)CCC2=O)c1-c1ccccc1OC. The first-order valence-corrected chi connectivity index (χ1v) is 9.86. The third-order valence-corrected chi connectivity index (χ3v) is 5.41. The van der Waals surface area contributed by atoms with E-state index in [1.165, 1.54) is 4.90 Å². The van der Waals surface area contributed by atoms with Gasteiger partial charge in [-0.25, -0.2) is 0 Å². The van der Waals surface area contributed by atoms with Crippen LogP contribution in [0.5, 0.6) is 11.5 Å². The lowest BCUT2D eigenvalue weighted by atomic mass is 9.89. The number of methoxy groups -OCH3 is 2. The fourth-order valence-corrected chi connectivity index (χ4v) is 3.96. The average Bonchev–Trinajstić information content (AvgIpc) is 3.11. The maximum atomic E-state index is 12.3. The molecule has 1 fully saturated rings. The Morgan fingerprint density at radius 3 is 1.87 bits per heavy atom. The molecule has 30 heavy (non-hydrogen) atoms. The van der Waals surface area contributed by atoms with Gasteiger partial charge < -0.3 is 9.47 Å². The van der Waals surface area contributed by atoms with Crippen LogP contribution in [-0.2, 0) is 16.1 Å². The molecule has 3 aromatic carbocycles. The molecule has 1 aliphatic rings. The van der Waals surface area contributed by atoms with Crippen LogP contribution in [-0.4, -0.2) is 30.9 Å². The van der Waals surface area contributed by atoms with Gasteiger partial charge >= 0.3 is 0 Å². The lowest BCUT2D eigenvalue weighted by Gasteiger charge is -2.21. The molecule has 0 N–H and O–H groups in total. The standard InChI is InChI=1S/C25H23NO4/c1-29-21-12-5-3-9-18(21)19-11-7-8-17(16-26-23(27)14-15-24(26)28)25(19)20-10-4-6-13-22(20)30-2/h3-13H,14-16H2,1-2H3. The van der Waals surface area contributed by atoms with Gasteiger partial charge in [0.2, 0.25) is 11.8 Å². The number of benzene rings is 3. The lowest BCUT2D eigenvalue weighted by Crippen LogP contribution is -2.28. The zero-order valence-electron chi connectivity index (χ0n) is 17.1. The second-order valence-corrected chi connectivity index (χ2v) is 7.11. The van der Waals surface area contributed by atoms with Gasteiger partial charge in [-0.05, 0) is 28.8 Å². The Kier molecular flexibility index (Phi) is 5.53. The third kappa shape index (κ3) is 3.54. The largest absolute Gasteiger partial charge is 0.496 e. The Hall–Kier alpha value is -3.60. The molecule has 2 amide bonds. The molecule has 152 valence electrons. The summed E-state index contributed by atoms with van der Waals surface area (Å²) in [4.78, 5) is 25.9. The van der Waals surface area contributed by atoms with E-state index in [0.717, 1.165) is 39.3 Å². The van der Waals surface area contributed by atoms with Crippen molar-refractivity contribution in [2.24, 2.45) is 0 Å². The number of carbonyl (C=O) groups is 2. The van der Waals surface area contributed by atoms with Crippen molar-refractivity contribution in [3.8, 4) is 33.8 Å². The Bertz CT molecular complexity index is 1090. The first-order chi connectivity index (χ1) is 14.6. The van der Waals surface area contributed by atoms with Crippen molar-refractivity contribution in [1.29, 1.82) is 0 Å². The van der Waals surface area contributed by atoms with E-state index in [2.05, 4.69) is 0 Å². The summed E-state index contributed by atoms with van der Waals surface area (Å²) >= 11 is 0. The molecule has 3 aromatic rings. The van der Waals surface area contributed by atoms with E-state index in [-0.39, 0.29) is 31.2 Å². The van der Waals surface area contributed by atoms with Crippen molar-refractivity contribution < 1.29 is 19.1 Å². The number of ether oxygens (including phenoxy) is 2. The van der Waals surface area contributed by atoms with Gasteiger partial charge in [0.25, 0.3) is 0 Å². The number of imide groups is 1. The van der Waals surface area contributed by atoms with Gasteiger partial charge in [-0.15, -0.1) is 0 Å². The highest BCUT2D eigenvalue weighted by Crippen LogP contribution is 2.42. The number of rotatable bonds is 6. The van der Waals surface area contributed by atoms with Gasteiger partial charge in [0.1, 0.15) is 11.5 Å². The van der Waals surface area contributed by atoms with Crippen LogP contribution in [0.15, 0.2) is 66.7 Å². The first kappa shape index (κ1) is 19.7. The maximum Gasteiger partial charge on any atom is 0.229 e. The molecule has 1 aliphatic heterocycles. The molecule has 1 saturated heterocycles. The van der Waals surface area contributed by atoms with E-state index >= 15 is 0 Å². The third-order valence-electron chi connectivity index (χ3n) is 5.41. The molecule has 4 rings (SSSR count). The van der Waals surface area contributed by atoms with Gasteiger partial charge in [0, 0.05) is 24.0 Å². The predicted molar refractivity (Wildman–Crippen MR) is 115 cm³/mol. The molecule has 0 unspecified atom stereocenters. The summed E-state index contributed by atoms with van der Waals surface area (Å²) in [6, 6.07) is 21.5. The molecule has 0 aliphatic carbocycles. The smallest absolute Gasteiger partial charge is 0.229 e. The van der Waals surface area contributed by atoms with Crippen LogP contribution < -0.4 is 9.47 Å². The zero-order chi connectivity index (χ0) is 21.1. The molecule has 0 aromatic heterocycles. The number of carbonyl (C=O) groups excluding carboxylic acids is 2. The number of hydrogen-bond donors (Lipinski definition) is 0. The van der Waals surface area contributed by atoms with Gasteiger partial charge in [-0.2, -0.15) is 0 Å². The van der Waals surface area contributed by atoms with Crippen LogP contribution in [0.4, 0.5) is 0 Å². The van der Waals surface area contributed by atoms with Gasteiger partial charge in [0.15, 0.2) is 0 Å². The van der Waals surface area contributed by atoms with Crippen molar-refractivity contribution in [2.45, 2.75) is 19.4 Å². The van der Waals surface area contributed by atoms with Crippen LogP contribution in [0.1, 0.15) is 18.4 Å². The summed E-state index contributed by atoms with van der Waals surface area (Å²) in [6.45, 7) is 0.230. The highest BCUT2D eigenvalue weighted by Gasteiger charge is 2.30. The zero-order valence-corrected chi connectivity index (χ0v) is 17.1. The second kappa shape index (κ2) is 8.41. The fourth-order valence-electron chi connectivity index (χ4n) is 3.96. The minimum absolute atomic E-state index is 0.131. The Labute approximate surface area is 175 Å². The average molecular weight is 401 g/mol. The molecule has 5 heteroatoms.